The van der Waals surface area contributed by atoms with E-state index in [0.29, 0.717) is 17.9 Å². The monoisotopic (exact) mass is 274 g/mol. The molecule has 2 heterocycles. The summed E-state index contributed by atoms with van der Waals surface area (Å²) in [6, 6.07) is 1.70. The molecule has 0 saturated heterocycles. The van der Waals surface area contributed by atoms with Gasteiger partial charge in [0.2, 0.25) is 0 Å². The van der Waals surface area contributed by atoms with E-state index in [4.69, 9.17) is 0 Å². The molecule has 2 aromatic rings. The number of nitrogens with one attached hydrogen (secondary N) is 1. The van der Waals surface area contributed by atoms with Gasteiger partial charge in [0.05, 0.1) is 6.33 Å². The van der Waals surface area contributed by atoms with Crippen molar-refractivity contribution in [2.24, 2.45) is 0 Å². The van der Waals surface area contributed by atoms with E-state index in [9.17, 15) is 9.90 Å². The first-order valence-electron chi connectivity index (χ1n) is 6.57. The Bertz CT molecular complexity index is 567. The molecule has 2 rings (SSSR count). The van der Waals surface area contributed by atoms with Gasteiger partial charge >= 0.3 is 5.97 Å². The fourth-order valence-electron chi connectivity index (χ4n) is 2.01. The summed E-state index contributed by atoms with van der Waals surface area (Å²) in [7, 11) is 0. The molecule has 6 nitrogen and oxygen atoms in total. The average Bonchev–Trinajstić information content (AvgIpc) is 2.91. The second-order valence-corrected chi connectivity index (χ2v) is 4.59. The van der Waals surface area contributed by atoms with Crippen LogP contribution in [0, 0.1) is 6.92 Å². The fraction of sp³-hybridized carbons (Fsp3) is 0.357. The number of aromatic carboxylic acids is 1. The van der Waals surface area contributed by atoms with E-state index in [1.54, 1.807) is 31.7 Å². The standard InChI is InChI=1S/C14H18N4O2/c1-11-4-6-17-13(12(11)14(19)20)16-5-2-3-8-18-9-7-15-10-18/h4,6-7,9-10H,2-3,5,8H2,1H3,(H,16,17)(H,19,20). The molecule has 0 aliphatic rings. The van der Waals surface area contributed by atoms with Crippen LogP contribution in [-0.2, 0) is 6.54 Å². The summed E-state index contributed by atoms with van der Waals surface area (Å²) < 4.78 is 2.02. The Labute approximate surface area is 117 Å². The highest BCUT2D eigenvalue weighted by atomic mass is 16.4. The summed E-state index contributed by atoms with van der Waals surface area (Å²) >= 11 is 0. The second-order valence-electron chi connectivity index (χ2n) is 4.59. The van der Waals surface area contributed by atoms with Gasteiger partial charge in [0.15, 0.2) is 0 Å². The van der Waals surface area contributed by atoms with Crippen LogP contribution < -0.4 is 5.32 Å². The number of carboxylic acid groups (broad SMARTS) is 1. The molecule has 0 spiro atoms. The summed E-state index contributed by atoms with van der Waals surface area (Å²) in [5.74, 6) is -0.503. The zero-order valence-corrected chi connectivity index (χ0v) is 11.4. The van der Waals surface area contributed by atoms with Gasteiger partial charge in [-0.05, 0) is 31.4 Å². The van der Waals surface area contributed by atoms with Gasteiger partial charge in [-0.25, -0.2) is 14.8 Å². The first-order valence-corrected chi connectivity index (χ1v) is 6.57. The number of imidazole rings is 1. The lowest BCUT2D eigenvalue weighted by Crippen LogP contribution is -2.11. The van der Waals surface area contributed by atoms with E-state index in [0.717, 1.165) is 19.4 Å². The van der Waals surface area contributed by atoms with Crippen molar-refractivity contribution >= 4 is 11.8 Å². The van der Waals surface area contributed by atoms with Gasteiger partial charge in [-0.1, -0.05) is 0 Å². The Hall–Kier alpha value is -2.37. The van der Waals surface area contributed by atoms with Crippen LogP contribution in [0.1, 0.15) is 28.8 Å². The van der Waals surface area contributed by atoms with Crippen molar-refractivity contribution in [3.8, 4) is 0 Å². The summed E-state index contributed by atoms with van der Waals surface area (Å²) in [6.07, 6.45) is 9.03. The maximum absolute atomic E-state index is 11.2. The zero-order valence-electron chi connectivity index (χ0n) is 11.4. The Morgan fingerprint density at radius 2 is 2.25 bits per heavy atom. The lowest BCUT2D eigenvalue weighted by Gasteiger charge is -2.10. The molecule has 106 valence electrons. The van der Waals surface area contributed by atoms with Crippen molar-refractivity contribution in [2.45, 2.75) is 26.3 Å². The number of pyridine rings is 1. The van der Waals surface area contributed by atoms with Crippen LogP contribution in [0.2, 0.25) is 0 Å². The maximum atomic E-state index is 11.2. The Balaban J connectivity index is 1.82. The number of unbranched alkanes of at least 4 members (excludes halogenated alkanes) is 1. The van der Waals surface area contributed by atoms with Crippen LogP contribution >= 0.6 is 0 Å². The summed E-state index contributed by atoms with van der Waals surface area (Å²) in [5.41, 5.74) is 0.968. The van der Waals surface area contributed by atoms with E-state index < -0.39 is 5.97 Å². The molecule has 0 atom stereocenters. The molecule has 0 unspecified atom stereocenters. The predicted octanol–water partition coefficient (Wildman–Crippen LogP) is 2.18. The number of hydrogen-bond donors (Lipinski definition) is 2. The lowest BCUT2D eigenvalue weighted by atomic mass is 10.1. The normalized spacial score (nSPS) is 10.4. The fourth-order valence-corrected chi connectivity index (χ4v) is 2.01. The first-order chi connectivity index (χ1) is 9.68. The van der Waals surface area contributed by atoms with Crippen molar-refractivity contribution in [3.63, 3.8) is 0 Å². The van der Waals surface area contributed by atoms with Crippen LogP contribution in [0.5, 0.6) is 0 Å². The van der Waals surface area contributed by atoms with Gasteiger partial charge < -0.3 is 15.0 Å². The van der Waals surface area contributed by atoms with Crippen molar-refractivity contribution < 1.29 is 9.90 Å². The zero-order chi connectivity index (χ0) is 14.4. The number of aromatic nitrogens is 3. The highest BCUT2D eigenvalue weighted by Gasteiger charge is 2.13. The number of carbonyl (C=O) groups is 1. The Morgan fingerprint density at radius 1 is 1.40 bits per heavy atom. The largest absolute Gasteiger partial charge is 0.478 e. The molecule has 2 N–H and O–H groups in total. The smallest absolute Gasteiger partial charge is 0.339 e. The quantitative estimate of drug-likeness (QED) is 0.756. The minimum Gasteiger partial charge on any atom is -0.478 e. The van der Waals surface area contributed by atoms with Gasteiger partial charge in [-0.2, -0.15) is 0 Å². The van der Waals surface area contributed by atoms with Crippen molar-refractivity contribution in [1.82, 2.24) is 14.5 Å². The SMILES string of the molecule is Cc1ccnc(NCCCCn2ccnc2)c1C(=O)O. The summed E-state index contributed by atoms with van der Waals surface area (Å²) in [4.78, 5) is 19.3. The molecule has 0 radical (unpaired) electrons. The first kappa shape index (κ1) is 14.0. The third-order valence-corrected chi connectivity index (χ3v) is 3.07. The van der Waals surface area contributed by atoms with E-state index >= 15 is 0 Å². The molecule has 0 fully saturated rings. The minimum atomic E-state index is -0.948. The van der Waals surface area contributed by atoms with Gasteiger partial charge in [0.25, 0.3) is 0 Å². The summed E-state index contributed by atoms with van der Waals surface area (Å²) in [5, 5.41) is 12.3. The Kier molecular flexibility index (Phi) is 4.70. The highest BCUT2D eigenvalue weighted by Crippen LogP contribution is 2.16. The number of aryl methyl sites for hydroxylation is 2. The molecule has 0 aromatic carbocycles. The lowest BCUT2D eigenvalue weighted by molar-refractivity contribution is 0.0697. The van der Waals surface area contributed by atoms with Gasteiger partial charge in [-0.15, -0.1) is 0 Å². The molecular formula is C14H18N4O2. The second kappa shape index (κ2) is 6.70. The van der Waals surface area contributed by atoms with Gasteiger partial charge in [0, 0.05) is 31.7 Å². The third-order valence-electron chi connectivity index (χ3n) is 3.07. The minimum absolute atomic E-state index is 0.252. The van der Waals surface area contributed by atoms with Gasteiger partial charge in [-0.3, -0.25) is 0 Å². The van der Waals surface area contributed by atoms with Crippen LogP contribution in [0.3, 0.4) is 0 Å². The number of nitrogens with zero attached hydrogens (tertiary/aromatic N) is 3. The molecule has 0 aliphatic carbocycles. The molecular weight excluding hydrogens is 256 g/mol. The number of rotatable bonds is 7. The van der Waals surface area contributed by atoms with E-state index in [1.807, 2.05) is 10.8 Å². The third kappa shape index (κ3) is 3.57. The number of hydrogen-bond acceptors (Lipinski definition) is 4. The number of carboxylic acids is 1. The van der Waals surface area contributed by atoms with Crippen molar-refractivity contribution in [2.75, 3.05) is 11.9 Å². The molecule has 2 aromatic heterocycles. The molecule has 0 aliphatic heterocycles. The molecule has 0 amide bonds. The van der Waals surface area contributed by atoms with Crippen LogP contribution in [-0.4, -0.2) is 32.2 Å². The molecule has 6 heteroatoms. The van der Waals surface area contributed by atoms with Crippen LogP contribution in [0.25, 0.3) is 0 Å². The highest BCUT2D eigenvalue weighted by molar-refractivity contribution is 5.94. The molecule has 0 saturated carbocycles. The van der Waals surface area contributed by atoms with Crippen LogP contribution in [0.4, 0.5) is 5.82 Å². The predicted molar refractivity (Wildman–Crippen MR) is 75.9 cm³/mol. The van der Waals surface area contributed by atoms with Crippen molar-refractivity contribution in [3.05, 3.63) is 42.1 Å². The Morgan fingerprint density at radius 3 is 2.95 bits per heavy atom. The average molecular weight is 274 g/mol. The molecule has 0 bridgehead atoms. The van der Waals surface area contributed by atoms with E-state index in [-0.39, 0.29) is 5.56 Å². The summed E-state index contributed by atoms with van der Waals surface area (Å²) in [6.45, 7) is 3.38. The van der Waals surface area contributed by atoms with E-state index in [1.165, 1.54) is 0 Å². The van der Waals surface area contributed by atoms with Gasteiger partial charge in [0.1, 0.15) is 11.4 Å². The maximum Gasteiger partial charge on any atom is 0.339 e. The number of anilines is 1. The van der Waals surface area contributed by atoms with Crippen LogP contribution in [0.15, 0.2) is 31.0 Å². The molecule has 20 heavy (non-hydrogen) atoms. The van der Waals surface area contributed by atoms with E-state index in [2.05, 4.69) is 15.3 Å². The van der Waals surface area contributed by atoms with Crippen molar-refractivity contribution in [1.29, 1.82) is 0 Å². The topological polar surface area (TPSA) is 80.0 Å².